The number of hydrogen-bond donors (Lipinski definition) is 1. The van der Waals surface area contributed by atoms with E-state index in [0.717, 1.165) is 49.2 Å². The minimum absolute atomic E-state index is 0.172. The second-order valence-corrected chi connectivity index (χ2v) is 7.85. The average molecular weight is 377 g/mol. The maximum Gasteiger partial charge on any atom is 0.220 e. The monoisotopic (exact) mass is 376 g/mol. The summed E-state index contributed by atoms with van der Waals surface area (Å²) in [5, 5.41) is 3.17. The summed E-state index contributed by atoms with van der Waals surface area (Å²) in [4.78, 5) is 21.6. The summed E-state index contributed by atoms with van der Waals surface area (Å²) >= 11 is 0. The summed E-state index contributed by atoms with van der Waals surface area (Å²) < 4.78 is 2.19. The molecule has 0 saturated heterocycles. The molecule has 1 saturated carbocycles. The number of hydrogen-bond acceptors (Lipinski definition) is 3. The highest BCUT2D eigenvalue weighted by molar-refractivity contribution is 5.76. The van der Waals surface area contributed by atoms with Crippen molar-refractivity contribution in [3.63, 3.8) is 0 Å². The normalized spacial score (nSPS) is 14.6. The molecule has 1 aromatic carbocycles. The van der Waals surface area contributed by atoms with Crippen molar-refractivity contribution in [1.82, 2.24) is 19.9 Å². The molecular weight excluding hydrogens is 348 g/mol. The Morgan fingerprint density at radius 1 is 1.18 bits per heavy atom. The van der Waals surface area contributed by atoms with Crippen LogP contribution >= 0.6 is 0 Å². The first-order chi connectivity index (χ1) is 13.7. The molecule has 1 N–H and O–H groups in total. The molecule has 146 valence electrons. The number of amides is 1. The Labute approximate surface area is 166 Å². The van der Waals surface area contributed by atoms with E-state index in [1.54, 1.807) is 0 Å². The van der Waals surface area contributed by atoms with E-state index in [1.165, 1.54) is 24.0 Å². The maximum atomic E-state index is 12.2. The van der Waals surface area contributed by atoms with Crippen molar-refractivity contribution >= 4 is 17.1 Å². The Hall–Kier alpha value is -2.69. The van der Waals surface area contributed by atoms with Gasteiger partial charge in [-0.15, -0.1) is 0 Å². The zero-order valence-electron chi connectivity index (χ0n) is 16.5. The van der Waals surface area contributed by atoms with Gasteiger partial charge in [-0.1, -0.05) is 42.7 Å². The van der Waals surface area contributed by atoms with Crippen LogP contribution in [0.3, 0.4) is 0 Å². The van der Waals surface area contributed by atoms with Crippen LogP contribution in [0.1, 0.15) is 55.5 Å². The van der Waals surface area contributed by atoms with Crippen LogP contribution in [0.2, 0.25) is 0 Å². The smallest absolute Gasteiger partial charge is 0.220 e. The zero-order valence-corrected chi connectivity index (χ0v) is 16.5. The van der Waals surface area contributed by atoms with Gasteiger partial charge in [0.05, 0.1) is 6.54 Å². The second-order valence-electron chi connectivity index (χ2n) is 7.85. The number of carbonyl (C=O) groups is 1. The fourth-order valence-electron chi connectivity index (χ4n) is 4.02. The molecule has 1 aliphatic rings. The highest BCUT2D eigenvalue weighted by atomic mass is 16.1. The predicted octanol–water partition coefficient (Wildman–Crippen LogP) is 4.17. The lowest BCUT2D eigenvalue weighted by molar-refractivity contribution is -0.121. The fraction of sp³-hybridized carbons (Fsp3) is 0.435. The standard InChI is InChI=1S/C23H28N4O/c1-17-11-13-18(14-12-17)16-27-21(26-20-8-5-15-24-23(20)27)9-4-10-22(28)25-19-6-2-3-7-19/h5,8,11-15,19H,2-4,6-7,9-10,16H2,1H3,(H,25,28). The molecule has 0 radical (unpaired) electrons. The summed E-state index contributed by atoms with van der Waals surface area (Å²) in [5.41, 5.74) is 4.31. The van der Waals surface area contributed by atoms with Crippen LogP contribution in [0, 0.1) is 6.92 Å². The van der Waals surface area contributed by atoms with E-state index < -0.39 is 0 Å². The molecule has 1 amide bonds. The number of imidazole rings is 1. The van der Waals surface area contributed by atoms with Gasteiger partial charge in [0.15, 0.2) is 5.65 Å². The Morgan fingerprint density at radius 3 is 2.75 bits per heavy atom. The second kappa shape index (κ2) is 8.55. The van der Waals surface area contributed by atoms with Gasteiger partial charge in [-0.25, -0.2) is 9.97 Å². The van der Waals surface area contributed by atoms with Gasteiger partial charge in [0.1, 0.15) is 11.3 Å². The summed E-state index contributed by atoms with van der Waals surface area (Å²) in [7, 11) is 0. The molecule has 5 nitrogen and oxygen atoms in total. The summed E-state index contributed by atoms with van der Waals surface area (Å²) in [6.45, 7) is 2.84. The van der Waals surface area contributed by atoms with E-state index in [-0.39, 0.29) is 5.91 Å². The van der Waals surface area contributed by atoms with Crippen molar-refractivity contribution in [3.05, 3.63) is 59.5 Å². The van der Waals surface area contributed by atoms with Gasteiger partial charge in [-0.05, 0) is 43.9 Å². The molecule has 0 bridgehead atoms. The third kappa shape index (κ3) is 4.41. The van der Waals surface area contributed by atoms with Gasteiger partial charge in [-0.2, -0.15) is 0 Å². The van der Waals surface area contributed by atoms with E-state index in [1.807, 2.05) is 18.3 Å². The fourth-order valence-corrected chi connectivity index (χ4v) is 4.02. The number of rotatable bonds is 7. The highest BCUT2D eigenvalue weighted by Gasteiger charge is 2.17. The minimum atomic E-state index is 0.172. The lowest BCUT2D eigenvalue weighted by Crippen LogP contribution is -2.32. The molecule has 5 heteroatoms. The Kier molecular flexibility index (Phi) is 5.70. The van der Waals surface area contributed by atoms with Crippen molar-refractivity contribution < 1.29 is 4.79 Å². The first-order valence-corrected chi connectivity index (χ1v) is 10.3. The van der Waals surface area contributed by atoms with Crippen molar-refractivity contribution in [2.24, 2.45) is 0 Å². The SMILES string of the molecule is Cc1ccc(Cn2c(CCCC(=O)NC3CCCC3)nc3cccnc32)cc1. The molecule has 28 heavy (non-hydrogen) atoms. The molecular formula is C23H28N4O. The van der Waals surface area contributed by atoms with Crippen LogP contribution in [0.25, 0.3) is 11.2 Å². The molecule has 0 aliphatic heterocycles. The third-order valence-electron chi connectivity index (χ3n) is 5.57. The molecule has 0 atom stereocenters. The van der Waals surface area contributed by atoms with Crippen molar-refractivity contribution in [1.29, 1.82) is 0 Å². The number of carbonyl (C=O) groups excluding carboxylic acids is 1. The van der Waals surface area contributed by atoms with E-state index in [2.05, 4.69) is 46.1 Å². The van der Waals surface area contributed by atoms with Crippen LogP contribution in [-0.4, -0.2) is 26.5 Å². The van der Waals surface area contributed by atoms with Crippen molar-refractivity contribution in [2.45, 2.75) is 64.5 Å². The molecule has 2 aromatic heterocycles. The quantitative estimate of drug-likeness (QED) is 0.673. The van der Waals surface area contributed by atoms with E-state index in [9.17, 15) is 4.79 Å². The lowest BCUT2D eigenvalue weighted by atomic mass is 10.1. The van der Waals surface area contributed by atoms with E-state index in [0.29, 0.717) is 12.5 Å². The molecule has 2 heterocycles. The van der Waals surface area contributed by atoms with E-state index in [4.69, 9.17) is 4.98 Å². The Morgan fingerprint density at radius 2 is 1.96 bits per heavy atom. The zero-order chi connectivity index (χ0) is 19.3. The number of benzene rings is 1. The van der Waals surface area contributed by atoms with Gasteiger partial charge in [0.25, 0.3) is 0 Å². The number of nitrogens with zero attached hydrogens (tertiary/aromatic N) is 3. The summed E-state index contributed by atoms with van der Waals surface area (Å²) in [6, 6.07) is 12.9. The minimum Gasteiger partial charge on any atom is -0.353 e. The number of fused-ring (bicyclic) bond motifs is 1. The molecule has 3 aromatic rings. The van der Waals surface area contributed by atoms with Crippen LogP contribution in [-0.2, 0) is 17.8 Å². The molecule has 1 fully saturated rings. The Balaban J connectivity index is 1.45. The topological polar surface area (TPSA) is 59.8 Å². The van der Waals surface area contributed by atoms with Crippen molar-refractivity contribution in [2.75, 3.05) is 0 Å². The molecule has 1 aliphatic carbocycles. The van der Waals surface area contributed by atoms with Gasteiger partial charge >= 0.3 is 0 Å². The highest BCUT2D eigenvalue weighted by Crippen LogP contribution is 2.19. The van der Waals surface area contributed by atoms with Crippen molar-refractivity contribution in [3.8, 4) is 0 Å². The summed E-state index contributed by atoms with van der Waals surface area (Å²) in [6.07, 6.45) is 8.68. The van der Waals surface area contributed by atoms with Gasteiger partial charge in [0.2, 0.25) is 5.91 Å². The van der Waals surface area contributed by atoms with Crippen LogP contribution in [0.4, 0.5) is 0 Å². The van der Waals surface area contributed by atoms with Gasteiger partial charge in [0, 0.05) is 25.1 Å². The number of nitrogens with one attached hydrogen (secondary N) is 1. The first-order valence-electron chi connectivity index (χ1n) is 10.3. The van der Waals surface area contributed by atoms with E-state index >= 15 is 0 Å². The van der Waals surface area contributed by atoms with Gasteiger partial charge < -0.3 is 9.88 Å². The molecule has 0 unspecified atom stereocenters. The van der Waals surface area contributed by atoms with Crippen LogP contribution in [0.15, 0.2) is 42.6 Å². The third-order valence-corrected chi connectivity index (χ3v) is 5.57. The van der Waals surface area contributed by atoms with Crippen LogP contribution in [0.5, 0.6) is 0 Å². The molecule has 4 rings (SSSR count). The number of aromatic nitrogens is 3. The lowest BCUT2D eigenvalue weighted by Gasteiger charge is -2.12. The largest absolute Gasteiger partial charge is 0.353 e. The summed E-state index contributed by atoms with van der Waals surface area (Å²) in [5.74, 6) is 1.18. The Bertz CT molecular complexity index is 939. The van der Waals surface area contributed by atoms with Gasteiger partial charge in [-0.3, -0.25) is 4.79 Å². The number of pyridine rings is 1. The van der Waals surface area contributed by atoms with Crippen LogP contribution < -0.4 is 5.32 Å². The maximum absolute atomic E-state index is 12.2. The molecule has 0 spiro atoms. The predicted molar refractivity (Wildman–Crippen MR) is 111 cm³/mol. The first kappa shape index (κ1) is 18.7. The number of aryl methyl sites for hydroxylation is 2. The average Bonchev–Trinajstić information content (AvgIpc) is 3.32.